The van der Waals surface area contributed by atoms with E-state index in [9.17, 15) is 4.79 Å². The van der Waals surface area contributed by atoms with Crippen molar-refractivity contribution in [3.63, 3.8) is 0 Å². The lowest BCUT2D eigenvalue weighted by Crippen LogP contribution is -2.41. The maximum absolute atomic E-state index is 11.8. The second kappa shape index (κ2) is 7.88. The number of hydrogen-bond donors (Lipinski definition) is 1. The molecule has 1 N–H and O–H groups in total. The molecule has 18 heavy (non-hydrogen) atoms. The number of carbonyl (C=O) groups excluding carboxylic acids is 1. The first-order chi connectivity index (χ1) is 8.65. The van der Waals surface area contributed by atoms with Gasteiger partial charge >= 0.3 is 0 Å². The highest BCUT2D eigenvalue weighted by molar-refractivity contribution is 5.78. The molecule has 1 atom stereocenters. The summed E-state index contributed by atoms with van der Waals surface area (Å²) in [4.78, 5) is 13.9. The lowest BCUT2D eigenvalue weighted by Gasteiger charge is -2.20. The van der Waals surface area contributed by atoms with Crippen molar-refractivity contribution in [1.82, 2.24) is 10.2 Å². The maximum Gasteiger partial charge on any atom is 0.234 e. The summed E-state index contributed by atoms with van der Waals surface area (Å²) in [5, 5.41) is 3.05. The molecule has 1 rings (SSSR count). The Bertz CT molecular complexity index is 347. The average molecular weight is 248 g/mol. The molecule has 1 aromatic rings. The summed E-state index contributed by atoms with van der Waals surface area (Å²) in [5.41, 5.74) is 1.26. The largest absolute Gasteiger partial charge is 0.352 e. The quantitative estimate of drug-likeness (QED) is 0.801. The third-order valence-electron chi connectivity index (χ3n) is 3.05. The molecule has 0 aliphatic heterocycles. The number of benzene rings is 1. The molecule has 0 aromatic heterocycles. The minimum Gasteiger partial charge on any atom is -0.352 e. The number of hydrogen-bond acceptors (Lipinski definition) is 2. The molecular weight excluding hydrogens is 224 g/mol. The zero-order valence-corrected chi connectivity index (χ0v) is 11.6. The van der Waals surface area contributed by atoms with Crippen molar-refractivity contribution in [1.29, 1.82) is 0 Å². The molecule has 1 unspecified atom stereocenters. The van der Waals surface area contributed by atoms with Gasteiger partial charge in [-0.05, 0) is 32.0 Å². The maximum atomic E-state index is 11.8. The lowest BCUT2D eigenvalue weighted by atomic mass is 10.1. The molecule has 0 bridgehead atoms. The summed E-state index contributed by atoms with van der Waals surface area (Å²) in [7, 11) is 0. The van der Waals surface area contributed by atoms with E-state index in [-0.39, 0.29) is 11.9 Å². The fourth-order valence-electron chi connectivity index (χ4n) is 1.99. The van der Waals surface area contributed by atoms with Crippen LogP contribution in [0.2, 0.25) is 0 Å². The van der Waals surface area contributed by atoms with Crippen molar-refractivity contribution in [2.75, 3.05) is 19.6 Å². The number of amides is 1. The van der Waals surface area contributed by atoms with Gasteiger partial charge in [-0.3, -0.25) is 9.69 Å². The predicted octanol–water partition coefficient (Wildman–Crippen LogP) is 2.08. The van der Waals surface area contributed by atoms with Gasteiger partial charge in [0.15, 0.2) is 0 Å². The molecule has 0 aliphatic rings. The monoisotopic (exact) mass is 248 g/mol. The van der Waals surface area contributed by atoms with Crippen molar-refractivity contribution in [3.8, 4) is 0 Å². The molecule has 3 heteroatoms. The van der Waals surface area contributed by atoms with Gasteiger partial charge in [0.2, 0.25) is 5.91 Å². The summed E-state index contributed by atoms with van der Waals surface area (Å²) in [6.07, 6.45) is 0.880. The molecule has 1 aromatic carbocycles. The first kappa shape index (κ1) is 14.7. The highest BCUT2D eigenvalue weighted by Gasteiger charge is 2.10. The van der Waals surface area contributed by atoms with Gasteiger partial charge in [-0.15, -0.1) is 0 Å². The zero-order chi connectivity index (χ0) is 13.4. The highest BCUT2D eigenvalue weighted by Crippen LogP contribution is 2.02. The van der Waals surface area contributed by atoms with Gasteiger partial charge in [-0.2, -0.15) is 0 Å². The third-order valence-corrected chi connectivity index (χ3v) is 3.05. The number of likely N-dealkylation sites (N-methyl/N-ethyl adjacent to an activating group) is 1. The van der Waals surface area contributed by atoms with Crippen LogP contribution in [0.15, 0.2) is 30.3 Å². The van der Waals surface area contributed by atoms with Crippen LogP contribution in [0.4, 0.5) is 0 Å². The summed E-state index contributed by atoms with van der Waals surface area (Å²) in [6, 6.07) is 10.4. The zero-order valence-electron chi connectivity index (χ0n) is 11.6. The summed E-state index contributed by atoms with van der Waals surface area (Å²) >= 11 is 0. The minimum absolute atomic E-state index is 0.113. The molecule has 0 fully saturated rings. The summed E-state index contributed by atoms with van der Waals surface area (Å²) in [6.45, 7) is 8.52. The Balaban J connectivity index is 2.36. The van der Waals surface area contributed by atoms with E-state index in [0.29, 0.717) is 6.54 Å². The second-order valence-corrected chi connectivity index (χ2v) is 4.62. The first-order valence-corrected chi connectivity index (χ1v) is 6.71. The van der Waals surface area contributed by atoms with E-state index in [0.717, 1.165) is 19.5 Å². The van der Waals surface area contributed by atoms with Gasteiger partial charge in [0, 0.05) is 6.04 Å². The van der Waals surface area contributed by atoms with Gasteiger partial charge in [-0.1, -0.05) is 44.2 Å². The molecule has 0 saturated heterocycles. The van der Waals surface area contributed by atoms with Gasteiger partial charge in [0.25, 0.3) is 0 Å². The number of nitrogens with zero attached hydrogens (tertiary/aromatic N) is 1. The Morgan fingerprint density at radius 1 is 1.22 bits per heavy atom. The van der Waals surface area contributed by atoms with E-state index in [1.54, 1.807) is 0 Å². The van der Waals surface area contributed by atoms with Crippen molar-refractivity contribution in [3.05, 3.63) is 35.9 Å². The fourth-order valence-corrected chi connectivity index (χ4v) is 1.99. The molecule has 0 spiro atoms. The Kier molecular flexibility index (Phi) is 6.44. The summed E-state index contributed by atoms with van der Waals surface area (Å²) < 4.78 is 0. The van der Waals surface area contributed by atoms with E-state index < -0.39 is 0 Å². The molecule has 0 aliphatic carbocycles. The predicted molar refractivity (Wildman–Crippen MR) is 75.5 cm³/mol. The van der Waals surface area contributed by atoms with Crippen molar-refractivity contribution in [2.24, 2.45) is 0 Å². The fraction of sp³-hybridized carbons (Fsp3) is 0.533. The SMILES string of the molecule is CCN(CC)CC(=O)NC(C)Cc1ccccc1. The molecule has 3 nitrogen and oxygen atoms in total. The van der Waals surface area contributed by atoms with Crippen LogP contribution in [0, 0.1) is 0 Å². The molecule has 0 radical (unpaired) electrons. The highest BCUT2D eigenvalue weighted by atomic mass is 16.2. The number of rotatable bonds is 7. The van der Waals surface area contributed by atoms with Gasteiger partial charge in [0.1, 0.15) is 0 Å². The Labute approximate surface area is 110 Å². The molecule has 0 heterocycles. The summed E-state index contributed by atoms with van der Waals surface area (Å²) in [5.74, 6) is 0.113. The smallest absolute Gasteiger partial charge is 0.234 e. The number of carbonyl (C=O) groups is 1. The van der Waals surface area contributed by atoms with E-state index in [1.165, 1.54) is 5.56 Å². The Morgan fingerprint density at radius 2 is 1.83 bits per heavy atom. The molecule has 1 amide bonds. The third kappa shape index (κ3) is 5.32. The van der Waals surface area contributed by atoms with Crippen molar-refractivity contribution >= 4 is 5.91 Å². The minimum atomic E-state index is 0.113. The van der Waals surface area contributed by atoms with Gasteiger partial charge in [0.05, 0.1) is 6.54 Å². The van der Waals surface area contributed by atoms with Crippen LogP contribution in [-0.4, -0.2) is 36.5 Å². The van der Waals surface area contributed by atoms with Gasteiger partial charge in [-0.25, -0.2) is 0 Å². The van der Waals surface area contributed by atoms with Crippen LogP contribution in [0.25, 0.3) is 0 Å². The molecule has 100 valence electrons. The van der Waals surface area contributed by atoms with Crippen LogP contribution in [-0.2, 0) is 11.2 Å². The molecular formula is C15H24N2O. The van der Waals surface area contributed by atoms with Gasteiger partial charge < -0.3 is 5.32 Å². The average Bonchev–Trinajstić information content (AvgIpc) is 2.36. The van der Waals surface area contributed by atoms with Crippen LogP contribution < -0.4 is 5.32 Å². The van der Waals surface area contributed by atoms with Crippen LogP contribution in [0.1, 0.15) is 26.3 Å². The van der Waals surface area contributed by atoms with Crippen molar-refractivity contribution < 1.29 is 4.79 Å². The first-order valence-electron chi connectivity index (χ1n) is 6.71. The van der Waals surface area contributed by atoms with E-state index >= 15 is 0 Å². The Morgan fingerprint density at radius 3 is 2.39 bits per heavy atom. The van der Waals surface area contributed by atoms with E-state index in [2.05, 4.69) is 36.2 Å². The normalized spacial score (nSPS) is 12.4. The lowest BCUT2D eigenvalue weighted by molar-refractivity contribution is -0.122. The topological polar surface area (TPSA) is 32.3 Å². The van der Waals surface area contributed by atoms with Crippen LogP contribution in [0.5, 0.6) is 0 Å². The Hall–Kier alpha value is -1.35. The number of nitrogens with one attached hydrogen (secondary N) is 1. The van der Waals surface area contributed by atoms with E-state index in [4.69, 9.17) is 0 Å². The van der Waals surface area contributed by atoms with Crippen LogP contribution in [0.3, 0.4) is 0 Å². The van der Waals surface area contributed by atoms with E-state index in [1.807, 2.05) is 25.1 Å². The van der Waals surface area contributed by atoms with Crippen LogP contribution >= 0.6 is 0 Å². The molecule has 0 saturated carbocycles. The second-order valence-electron chi connectivity index (χ2n) is 4.62. The van der Waals surface area contributed by atoms with Crippen molar-refractivity contribution in [2.45, 2.75) is 33.2 Å². The standard InChI is InChI=1S/C15H24N2O/c1-4-17(5-2)12-15(18)16-13(3)11-14-9-7-6-8-10-14/h6-10,13H,4-5,11-12H2,1-3H3,(H,16,18).